The van der Waals surface area contributed by atoms with Crippen LogP contribution in [0.4, 0.5) is 0 Å². The lowest BCUT2D eigenvalue weighted by atomic mass is 9.92. The van der Waals surface area contributed by atoms with E-state index >= 15 is 0 Å². The predicted octanol–water partition coefficient (Wildman–Crippen LogP) is 22.2. The fourth-order valence-electron chi connectivity index (χ4n) is 16.3. The van der Waals surface area contributed by atoms with Crippen LogP contribution in [-0.4, -0.2) is 0 Å². The van der Waals surface area contributed by atoms with Gasteiger partial charge in [0.05, 0.1) is 0 Å². The molecule has 5 aromatic carbocycles. The van der Waals surface area contributed by atoms with Crippen LogP contribution in [0.5, 0.6) is 0 Å². The van der Waals surface area contributed by atoms with Crippen molar-refractivity contribution in [3.63, 3.8) is 0 Å². The highest BCUT2D eigenvalue weighted by atomic mass is 14.9. The molecule has 3 aliphatic rings. The van der Waals surface area contributed by atoms with Crippen LogP contribution in [0, 0.1) is 66.2 Å². The van der Waals surface area contributed by atoms with Crippen LogP contribution >= 0.6 is 0 Å². The van der Waals surface area contributed by atoms with E-state index in [1.165, 1.54) is 200 Å². The molecule has 0 N–H and O–H groups in total. The Morgan fingerprint density at radius 2 is 0.614 bits per heavy atom. The SMILES string of the molecule is CCc1cc(-c2ccccc2C)[n+](C)cc1CC(C)C.Cc1ccccc1-c1cc(C)c(C2CCCC2)c[n+]1C.Cc1ccccc1-c1cc(C2CCCC2)c(C)c[n+]1C.Cc1ccccc1-c1cc(C2CCCC2)cc[n+]1C.Cc1ccccc1-c1cc(CC(C)C)c(CC(C)C)c[n+]1C. The van der Waals surface area contributed by atoms with Gasteiger partial charge in [-0.15, -0.1) is 0 Å². The highest BCUT2D eigenvalue weighted by Gasteiger charge is 2.27. The van der Waals surface area contributed by atoms with Crippen molar-refractivity contribution in [2.45, 2.75) is 217 Å². The molecule has 101 heavy (non-hydrogen) atoms. The summed E-state index contributed by atoms with van der Waals surface area (Å²) in [7, 11) is 10.8. The number of hydrogen-bond acceptors (Lipinski definition) is 0. The molecule has 0 bridgehead atoms. The summed E-state index contributed by atoms with van der Waals surface area (Å²) in [5.74, 6) is 4.42. The summed E-state index contributed by atoms with van der Waals surface area (Å²) in [5.41, 5.74) is 33.6. The largest absolute Gasteiger partial charge is 0.212 e. The van der Waals surface area contributed by atoms with Gasteiger partial charge in [-0.3, -0.25) is 0 Å². The molecule has 3 aliphatic carbocycles. The summed E-state index contributed by atoms with van der Waals surface area (Å²) in [4.78, 5) is 0. The van der Waals surface area contributed by atoms with Gasteiger partial charge >= 0.3 is 0 Å². The van der Waals surface area contributed by atoms with Crippen molar-refractivity contribution in [2.24, 2.45) is 53.0 Å². The Kier molecular flexibility index (Phi) is 27.9. The van der Waals surface area contributed by atoms with Gasteiger partial charge in [0.25, 0.3) is 0 Å². The zero-order valence-corrected chi connectivity index (χ0v) is 65.9. The Labute approximate surface area is 612 Å². The van der Waals surface area contributed by atoms with Crippen LogP contribution in [0.2, 0.25) is 0 Å². The first-order valence-corrected chi connectivity index (χ1v) is 38.8. The molecule has 5 heteroatoms. The molecule has 10 aromatic rings. The predicted molar refractivity (Wildman–Crippen MR) is 427 cm³/mol. The lowest BCUT2D eigenvalue weighted by Gasteiger charge is -2.14. The minimum Gasteiger partial charge on any atom is -0.201 e. The van der Waals surface area contributed by atoms with E-state index in [-0.39, 0.29) is 0 Å². The first-order valence-electron chi connectivity index (χ1n) is 38.8. The zero-order chi connectivity index (χ0) is 72.4. The third kappa shape index (κ3) is 20.4. The normalized spacial score (nSPS) is 13.9. The quantitative estimate of drug-likeness (QED) is 0.0912. The molecule has 5 heterocycles. The standard InChI is InChI=1S/C21H30N.2C19H24N.C19H26N.C18H22N/c1-15(2)11-18-13-21(20-10-8-7-9-17(20)5)22(6)14-19(18)12-16(3)4;1-14-8-4-7-11-17(14)19-12-18(15(2)13-20(19)3)16-9-5-6-10-16;1-14-8-4-7-11-17(14)19-12-15(2)18(13-20(19)3)16-9-5-6-10-16;1-6-16-12-19(18-10-8-7-9-15(18)4)20(5)13-17(16)11-14(2)3;1-14-7-3-6-10-17(14)18-13-16(11-12-19(18)2)15-8-4-5-9-15/h7-10,13-16H,11-12H2,1-6H3;2*4,7-8,11-13,16H,5-6,9-10H2,1-3H3;7-10,12-14H,6,11H2,1-5H3;3,6-7,10-13,15H,4-5,8-9H2,1-2H3/q5*+1. The fourth-order valence-corrected chi connectivity index (χ4v) is 16.3. The average molecular weight is 1350 g/mol. The molecule has 0 spiro atoms. The fraction of sp³-hybridized carbons (Fsp3) is 0.427. The molecule has 13 rings (SSSR count). The van der Waals surface area contributed by atoms with Crippen molar-refractivity contribution in [3.8, 4) is 56.3 Å². The van der Waals surface area contributed by atoms with Crippen LogP contribution in [0.1, 0.15) is 221 Å². The van der Waals surface area contributed by atoms with E-state index < -0.39 is 0 Å². The summed E-state index contributed by atoms with van der Waals surface area (Å²) < 4.78 is 11.4. The van der Waals surface area contributed by atoms with Gasteiger partial charge in [-0.25, -0.2) is 22.8 Å². The Hall–Kier alpha value is -8.15. The second kappa shape index (κ2) is 36.6. The topological polar surface area (TPSA) is 19.4 Å². The van der Waals surface area contributed by atoms with Crippen molar-refractivity contribution >= 4 is 0 Å². The Bertz CT molecular complexity index is 4350. The second-order valence-corrected chi connectivity index (χ2v) is 31.6. The maximum absolute atomic E-state index is 2.44. The molecule has 0 amide bonds. The third-order valence-corrected chi connectivity index (χ3v) is 21.9. The number of nitrogens with zero attached hydrogens (tertiary/aromatic N) is 5. The summed E-state index contributed by atoms with van der Waals surface area (Å²) >= 11 is 0. The van der Waals surface area contributed by atoms with Crippen molar-refractivity contribution < 1.29 is 22.8 Å². The van der Waals surface area contributed by atoms with Crippen molar-refractivity contribution in [3.05, 3.63) is 267 Å². The van der Waals surface area contributed by atoms with Crippen LogP contribution < -0.4 is 22.8 Å². The molecule has 0 radical (unpaired) electrons. The lowest BCUT2D eigenvalue weighted by Crippen LogP contribution is -2.32. The van der Waals surface area contributed by atoms with E-state index in [0.717, 1.165) is 43.4 Å². The summed E-state index contributed by atoms with van der Waals surface area (Å²) in [6, 6.07) is 57.6. The Balaban J connectivity index is 0.000000147. The molecule has 530 valence electrons. The maximum atomic E-state index is 2.44. The molecule has 5 aromatic heterocycles. The van der Waals surface area contributed by atoms with Gasteiger partial charge < -0.3 is 0 Å². The molecule has 0 unspecified atom stereocenters. The monoisotopic (exact) mass is 1350 g/mol. The number of aryl methyl sites for hydroxylation is 13. The average Bonchev–Trinajstić information content (AvgIpc) is 1.56. The van der Waals surface area contributed by atoms with Gasteiger partial charge in [-0.1, -0.05) is 178 Å². The van der Waals surface area contributed by atoms with Crippen LogP contribution in [-0.2, 0) is 60.9 Å². The zero-order valence-electron chi connectivity index (χ0n) is 65.9. The van der Waals surface area contributed by atoms with E-state index in [4.69, 9.17) is 0 Å². The molecule has 0 atom stereocenters. The van der Waals surface area contributed by atoms with Crippen LogP contribution in [0.25, 0.3) is 56.3 Å². The molecular formula is C96H126N5+5. The van der Waals surface area contributed by atoms with Crippen molar-refractivity contribution in [1.29, 1.82) is 0 Å². The van der Waals surface area contributed by atoms with E-state index in [1.807, 2.05) is 0 Å². The molecular weight excluding hydrogens is 1220 g/mol. The Morgan fingerprint density at radius 1 is 0.297 bits per heavy atom. The van der Waals surface area contributed by atoms with E-state index in [1.54, 1.807) is 11.1 Å². The third-order valence-electron chi connectivity index (χ3n) is 21.9. The van der Waals surface area contributed by atoms with Gasteiger partial charge in [-0.2, -0.15) is 0 Å². The summed E-state index contributed by atoms with van der Waals surface area (Å²) in [6.07, 6.45) is 32.7. The smallest absolute Gasteiger partial charge is 0.201 e. The Morgan fingerprint density at radius 3 is 1.01 bits per heavy atom. The van der Waals surface area contributed by atoms with Crippen molar-refractivity contribution in [1.82, 2.24) is 0 Å². The van der Waals surface area contributed by atoms with Crippen molar-refractivity contribution in [2.75, 3.05) is 0 Å². The van der Waals surface area contributed by atoms with E-state index in [0.29, 0.717) is 17.8 Å². The van der Waals surface area contributed by atoms with Gasteiger partial charge in [-0.05, 0) is 234 Å². The van der Waals surface area contributed by atoms with E-state index in [9.17, 15) is 0 Å². The van der Waals surface area contributed by atoms with Gasteiger partial charge in [0.1, 0.15) is 35.2 Å². The number of pyridine rings is 5. The molecule has 3 saturated carbocycles. The summed E-state index contributed by atoms with van der Waals surface area (Å²) in [5, 5.41) is 0. The molecule has 0 aliphatic heterocycles. The number of aromatic nitrogens is 5. The first kappa shape index (κ1) is 77.0. The van der Waals surface area contributed by atoms with Gasteiger partial charge in [0.15, 0.2) is 31.0 Å². The number of benzene rings is 5. The van der Waals surface area contributed by atoms with E-state index in [2.05, 4.69) is 344 Å². The highest BCUT2D eigenvalue weighted by Crippen LogP contribution is 2.39. The number of hydrogen-bond donors (Lipinski definition) is 0. The van der Waals surface area contributed by atoms with Gasteiger partial charge in [0.2, 0.25) is 28.5 Å². The minimum atomic E-state index is 0.684. The second-order valence-electron chi connectivity index (χ2n) is 31.6. The molecule has 3 fully saturated rings. The lowest BCUT2D eigenvalue weighted by molar-refractivity contribution is -0.661. The summed E-state index contributed by atoms with van der Waals surface area (Å²) in [6.45, 7) is 31.5. The molecule has 5 nitrogen and oxygen atoms in total. The van der Waals surface area contributed by atoms with Crippen LogP contribution in [0.15, 0.2) is 189 Å². The minimum absolute atomic E-state index is 0.684. The highest BCUT2D eigenvalue weighted by molar-refractivity contribution is 5.65. The maximum Gasteiger partial charge on any atom is 0.212 e. The van der Waals surface area contributed by atoms with Gasteiger partial charge in [0, 0.05) is 86.5 Å². The van der Waals surface area contributed by atoms with Crippen LogP contribution in [0.3, 0.4) is 0 Å². The molecule has 0 saturated heterocycles. The first-order chi connectivity index (χ1) is 48.5. The number of rotatable bonds is 15.